The van der Waals surface area contributed by atoms with E-state index in [9.17, 15) is 4.79 Å². The molecule has 0 aliphatic carbocycles. The van der Waals surface area contributed by atoms with Crippen LogP contribution in [0.5, 0.6) is 0 Å². The van der Waals surface area contributed by atoms with Crippen molar-refractivity contribution in [2.45, 2.75) is 18.9 Å². The van der Waals surface area contributed by atoms with E-state index in [0.717, 1.165) is 19.4 Å². The van der Waals surface area contributed by atoms with E-state index in [4.69, 9.17) is 0 Å². The van der Waals surface area contributed by atoms with Crippen molar-refractivity contribution >= 4 is 5.97 Å². The molecule has 9 heavy (non-hydrogen) atoms. The molecule has 1 heterocycles. The summed E-state index contributed by atoms with van der Waals surface area (Å²) in [4.78, 5) is 10.7. The van der Waals surface area contributed by atoms with Gasteiger partial charge < -0.3 is 10.1 Å². The Morgan fingerprint density at radius 2 is 2.67 bits per heavy atom. The zero-order valence-electron chi connectivity index (χ0n) is 5.52. The average molecular weight is 133 g/mol. The molecule has 1 fully saturated rings. The Kier molecular flexibility index (Phi) is 2.05. The van der Waals surface area contributed by atoms with Crippen molar-refractivity contribution in [3.8, 4) is 0 Å². The fourth-order valence-electron chi connectivity index (χ4n) is 1.03. The van der Waals surface area contributed by atoms with Crippen LogP contribution in [0.3, 0.4) is 0 Å². The van der Waals surface area contributed by atoms with Crippen LogP contribution in [0.15, 0.2) is 0 Å². The molecule has 1 aliphatic rings. The zero-order valence-corrected chi connectivity index (χ0v) is 5.52. The summed E-state index contributed by atoms with van der Waals surface area (Å²) in [5, 5.41) is 3.03. The van der Waals surface area contributed by atoms with Crippen LogP contribution < -0.4 is 5.32 Å². The first-order valence-corrected chi connectivity index (χ1v) is 3.16. The molecule has 56 valence electrons. The first-order chi connectivity index (χ1) is 4.34. The summed E-state index contributed by atoms with van der Waals surface area (Å²) in [7, 11) is 1.42. The molecule has 1 N–H and O–H groups in total. The van der Waals surface area contributed by atoms with Crippen molar-refractivity contribution in [1.82, 2.24) is 5.32 Å². The van der Waals surface area contributed by atoms with E-state index >= 15 is 0 Å². The first kappa shape index (κ1) is 6.55. The van der Waals surface area contributed by atoms with E-state index < -0.39 is 0 Å². The van der Waals surface area contributed by atoms with E-state index in [-0.39, 0.29) is 14.9 Å². The normalized spacial score (nSPS) is 26.1. The van der Waals surface area contributed by atoms with Gasteiger partial charge in [-0.25, -0.2) is 0 Å². The molecular weight excluding hydrogens is 118 g/mol. The maximum absolute atomic E-state index is 10.7. The Bertz CT molecular complexity index is 115. The molecule has 0 amide bonds. The number of methoxy groups -OCH3 is 1. The van der Waals surface area contributed by atoms with Crippen LogP contribution in [0, 0.1) is 0 Å². The van der Waals surface area contributed by atoms with Gasteiger partial charge in [0, 0.05) is 2.85 Å². The summed E-state index contributed by atoms with van der Waals surface area (Å²) < 4.78 is 4.53. The monoisotopic (exact) mass is 133 g/mol. The van der Waals surface area contributed by atoms with Crippen LogP contribution in [0.1, 0.15) is 15.7 Å². The predicted molar refractivity (Wildman–Crippen MR) is 37.3 cm³/mol. The van der Waals surface area contributed by atoms with Gasteiger partial charge in [0.1, 0.15) is 6.04 Å². The van der Waals surface area contributed by atoms with Crippen molar-refractivity contribution in [1.29, 1.82) is 0 Å². The third-order valence-corrected chi connectivity index (χ3v) is 1.55. The molecule has 1 atom stereocenters. The molecule has 1 saturated heterocycles. The molecule has 0 aromatic heterocycles. The van der Waals surface area contributed by atoms with Gasteiger partial charge >= 0.3 is 5.97 Å². The van der Waals surface area contributed by atoms with Crippen molar-refractivity contribution < 1.29 is 12.4 Å². The van der Waals surface area contributed by atoms with Crippen molar-refractivity contribution in [3.05, 3.63) is 0 Å². The highest BCUT2D eigenvalue weighted by molar-refractivity contribution is 5.75. The minimum absolute atomic E-state index is 0. The standard InChI is InChI=1S/C6H11NO2.2H2/c1-9-6(8)5-3-2-4-7-5;;/h5,7H,2-4H2,1H3;2*1H/t5-;;/m0../s1. The van der Waals surface area contributed by atoms with Gasteiger partial charge in [0.05, 0.1) is 7.11 Å². The number of ether oxygens (including phenoxy) is 1. The maximum atomic E-state index is 10.7. The van der Waals surface area contributed by atoms with Crippen molar-refractivity contribution in [2.75, 3.05) is 13.7 Å². The zero-order chi connectivity index (χ0) is 6.69. The number of hydrogen-bond donors (Lipinski definition) is 1. The minimum Gasteiger partial charge on any atom is -0.468 e. The van der Waals surface area contributed by atoms with E-state index in [2.05, 4.69) is 10.1 Å². The molecule has 3 heteroatoms. The lowest BCUT2D eigenvalue weighted by Crippen LogP contribution is -2.31. The summed E-state index contributed by atoms with van der Waals surface area (Å²) in [5.74, 6) is -0.132. The number of carbonyl (C=O) groups excluding carboxylic acids is 1. The second-order valence-electron chi connectivity index (χ2n) is 2.17. The smallest absolute Gasteiger partial charge is 0.322 e. The van der Waals surface area contributed by atoms with Gasteiger partial charge in [0.15, 0.2) is 0 Å². The fraction of sp³-hybridized carbons (Fsp3) is 0.833. The number of nitrogens with one attached hydrogen (secondary N) is 1. The molecule has 1 rings (SSSR count). The Labute approximate surface area is 57.4 Å². The highest BCUT2D eigenvalue weighted by atomic mass is 16.5. The molecule has 3 nitrogen and oxygen atoms in total. The third-order valence-electron chi connectivity index (χ3n) is 1.55. The summed E-state index contributed by atoms with van der Waals surface area (Å²) in [6, 6.07) is -0.0324. The highest BCUT2D eigenvalue weighted by Crippen LogP contribution is 2.05. The SMILES string of the molecule is COC(=O)[C@@H]1CCCN1.[HH].[HH]. The second-order valence-corrected chi connectivity index (χ2v) is 2.17. The topological polar surface area (TPSA) is 38.3 Å². The van der Waals surface area contributed by atoms with Gasteiger partial charge in [-0.15, -0.1) is 0 Å². The third kappa shape index (κ3) is 1.42. The molecule has 0 aromatic rings. The molecular formula is C6H15NO2. The van der Waals surface area contributed by atoms with Crippen LogP contribution in [-0.2, 0) is 9.53 Å². The summed E-state index contributed by atoms with van der Waals surface area (Å²) >= 11 is 0. The summed E-state index contributed by atoms with van der Waals surface area (Å²) in [6.07, 6.45) is 2.01. The second kappa shape index (κ2) is 2.82. The Hall–Kier alpha value is -0.570. The lowest BCUT2D eigenvalue weighted by Gasteiger charge is -2.04. The quantitative estimate of drug-likeness (QED) is 0.526. The van der Waals surface area contributed by atoms with Crippen LogP contribution in [-0.4, -0.2) is 25.7 Å². The van der Waals surface area contributed by atoms with Gasteiger partial charge in [-0.2, -0.15) is 0 Å². The summed E-state index contributed by atoms with van der Waals surface area (Å²) in [6.45, 7) is 0.944. The van der Waals surface area contributed by atoms with Gasteiger partial charge in [0.25, 0.3) is 0 Å². The number of hydrogen-bond acceptors (Lipinski definition) is 3. The van der Waals surface area contributed by atoms with E-state index in [1.165, 1.54) is 7.11 Å². The first-order valence-electron chi connectivity index (χ1n) is 3.16. The lowest BCUT2D eigenvalue weighted by molar-refractivity contribution is -0.142. The van der Waals surface area contributed by atoms with E-state index in [0.29, 0.717) is 0 Å². The van der Waals surface area contributed by atoms with Gasteiger partial charge in [-0.1, -0.05) is 0 Å². The average Bonchev–Trinajstić information content (AvgIpc) is 2.37. The summed E-state index contributed by atoms with van der Waals surface area (Å²) in [5.41, 5.74) is 0. The Morgan fingerprint density at radius 1 is 1.89 bits per heavy atom. The van der Waals surface area contributed by atoms with Gasteiger partial charge in [-0.3, -0.25) is 4.79 Å². The van der Waals surface area contributed by atoms with Crippen LogP contribution in [0.4, 0.5) is 0 Å². The van der Waals surface area contributed by atoms with Gasteiger partial charge in [-0.05, 0) is 19.4 Å². The molecule has 0 spiro atoms. The van der Waals surface area contributed by atoms with Crippen molar-refractivity contribution in [3.63, 3.8) is 0 Å². The fourth-order valence-corrected chi connectivity index (χ4v) is 1.03. The number of carbonyl (C=O) groups is 1. The van der Waals surface area contributed by atoms with E-state index in [1.807, 2.05) is 0 Å². The van der Waals surface area contributed by atoms with Gasteiger partial charge in [0.2, 0.25) is 0 Å². The predicted octanol–water partition coefficient (Wildman–Crippen LogP) is 0.403. The molecule has 0 unspecified atom stereocenters. The van der Waals surface area contributed by atoms with E-state index in [1.54, 1.807) is 0 Å². The molecule has 0 aromatic carbocycles. The number of esters is 1. The lowest BCUT2D eigenvalue weighted by atomic mass is 10.2. The van der Waals surface area contributed by atoms with Crippen molar-refractivity contribution in [2.24, 2.45) is 0 Å². The highest BCUT2D eigenvalue weighted by Gasteiger charge is 2.21. The van der Waals surface area contributed by atoms with Crippen LogP contribution in [0.25, 0.3) is 0 Å². The minimum atomic E-state index is -0.132. The molecule has 0 bridgehead atoms. The molecule has 0 radical (unpaired) electrons. The molecule has 1 aliphatic heterocycles. The number of rotatable bonds is 1. The Morgan fingerprint density at radius 3 is 3.11 bits per heavy atom. The Balaban J connectivity index is 0. The largest absolute Gasteiger partial charge is 0.468 e. The van der Waals surface area contributed by atoms with Crippen LogP contribution in [0.2, 0.25) is 0 Å². The molecule has 0 saturated carbocycles. The maximum Gasteiger partial charge on any atom is 0.322 e. The van der Waals surface area contributed by atoms with Crippen LogP contribution >= 0.6 is 0 Å².